The van der Waals surface area contributed by atoms with Gasteiger partial charge >= 0.3 is 0 Å². The van der Waals surface area contributed by atoms with Gasteiger partial charge in [-0.1, -0.05) is 26.8 Å². The van der Waals surface area contributed by atoms with Crippen molar-refractivity contribution in [3.63, 3.8) is 0 Å². The van der Waals surface area contributed by atoms with E-state index in [9.17, 15) is 8.78 Å². The molecule has 1 saturated heterocycles. The van der Waals surface area contributed by atoms with Gasteiger partial charge in [0, 0.05) is 43.9 Å². The van der Waals surface area contributed by atoms with Crippen molar-refractivity contribution in [3.05, 3.63) is 35.4 Å². The van der Waals surface area contributed by atoms with E-state index in [0.29, 0.717) is 5.56 Å². The van der Waals surface area contributed by atoms with Gasteiger partial charge in [-0.2, -0.15) is 0 Å². The monoisotopic (exact) mass is 340 g/mol. The van der Waals surface area contributed by atoms with Gasteiger partial charge in [0.05, 0.1) is 0 Å². The Morgan fingerprint density at radius 3 is 2.14 bits per heavy atom. The van der Waals surface area contributed by atoms with E-state index >= 15 is 0 Å². The molecule has 1 aliphatic rings. The summed E-state index contributed by atoms with van der Waals surface area (Å²) in [5.74, 6) is -0.965. The SMILES string of the molecule is CC(C)(C)[C@@H](c1ccc(F)cc1F)N1CCNCC1.Cl.Cl. The summed E-state index contributed by atoms with van der Waals surface area (Å²) in [6.45, 7) is 9.90. The smallest absolute Gasteiger partial charge is 0.130 e. The fourth-order valence-electron chi connectivity index (χ4n) is 2.87. The van der Waals surface area contributed by atoms with Gasteiger partial charge in [0.15, 0.2) is 0 Å². The average molecular weight is 341 g/mol. The van der Waals surface area contributed by atoms with Crippen LogP contribution >= 0.6 is 24.8 Å². The van der Waals surface area contributed by atoms with Gasteiger partial charge in [-0.05, 0) is 11.5 Å². The number of piperazine rings is 1. The van der Waals surface area contributed by atoms with Crippen LogP contribution < -0.4 is 5.32 Å². The summed E-state index contributed by atoms with van der Waals surface area (Å²) in [5, 5.41) is 3.30. The first kappa shape index (κ1) is 20.6. The van der Waals surface area contributed by atoms with Crippen LogP contribution in [0.2, 0.25) is 0 Å². The molecule has 0 aliphatic carbocycles. The highest BCUT2D eigenvalue weighted by atomic mass is 35.5. The lowest BCUT2D eigenvalue weighted by molar-refractivity contribution is 0.0833. The van der Waals surface area contributed by atoms with Crippen molar-refractivity contribution in [2.24, 2.45) is 5.41 Å². The molecule has 1 aliphatic heterocycles. The third-order valence-electron chi connectivity index (χ3n) is 3.59. The lowest BCUT2D eigenvalue weighted by atomic mass is 9.80. The highest BCUT2D eigenvalue weighted by Gasteiger charge is 2.34. The van der Waals surface area contributed by atoms with E-state index in [0.717, 1.165) is 32.2 Å². The van der Waals surface area contributed by atoms with Crippen LogP contribution in [0.25, 0.3) is 0 Å². The Morgan fingerprint density at radius 1 is 1.10 bits per heavy atom. The first-order chi connectivity index (χ1) is 8.89. The predicted molar refractivity (Wildman–Crippen MR) is 87.5 cm³/mol. The lowest BCUT2D eigenvalue weighted by Crippen LogP contribution is -2.48. The third kappa shape index (κ3) is 5.06. The van der Waals surface area contributed by atoms with Crippen molar-refractivity contribution in [3.8, 4) is 0 Å². The summed E-state index contributed by atoms with van der Waals surface area (Å²) >= 11 is 0. The maximum atomic E-state index is 14.1. The molecule has 122 valence electrons. The number of nitrogens with one attached hydrogen (secondary N) is 1. The average Bonchev–Trinajstić information content (AvgIpc) is 2.32. The zero-order valence-corrected chi connectivity index (χ0v) is 14.3. The maximum absolute atomic E-state index is 14.1. The van der Waals surface area contributed by atoms with Gasteiger partial charge in [0.2, 0.25) is 0 Å². The molecule has 2 nitrogen and oxygen atoms in total. The zero-order chi connectivity index (χ0) is 14.0. The molecule has 21 heavy (non-hydrogen) atoms. The quantitative estimate of drug-likeness (QED) is 0.880. The highest BCUT2D eigenvalue weighted by Crippen LogP contribution is 2.39. The number of nitrogens with zero attached hydrogens (tertiary/aromatic N) is 1. The Balaban J connectivity index is 0.00000200. The third-order valence-corrected chi connectivity index (χ3v) is 3.59. The van der Waals surface area contributed by atoms with E-state index < -0.39 is 11.6 Å². The van der Waals surface area contributed by atoms with Crippen LogP contribution in [-0.4, -0.2) is 31.1 Å². The second-order valence-corrected chi connectivity index (χ2v) is 6.22. The number of benzene rings is 1. The fourth-order valence-corrected chi connectivity index (χ4v) is 2.87. The van der Waals surface area contributed by atoms with Crippen molar-refractivity contribution in [1.29, 1.82) is 0 Å². The van der Waals surface area contributed by atoms with Crippen LogP contribution in [0.1, 0.15) is 32.4 Å². The summed E-state index contributed by atoms with van der Waals surface area (Å²) in [7, 11) is 0. The van der Waals surface area contributed by atoms with Crippen LogP contribution in [0.4, 0.5) is 8.78 Å². The van der Waals surface area contributed by atoms with Crippen LogP contribution in [0, 0.1) is 17.0 Å². The number of rotatable bonds is 2. The molecule has 1 fully saturated rings. The molecule has 0 unspecified atom stereocenters. The summed E-state index contributed by atoms with van der Waals surface area (Å²) in [5.41, 5.74) is 0.492. The van der Waals surface area contributed by atoms with E-state index in [1.807, 2.05) is 0 Å². The molecule has 2 rings (SSSR count). The lowest BCUT2D eigenvalue weighted by Gasteiger charge is -2.42. The van der Waals surface area contributed by atoms with Crippen molar-refractivity contribution in [1.82, 2.24) is 10.2 Å². The van der Waals surface area contributed by atoms with Gasteiger partial charge in [0.1, 0.15) is 11.6 Å². The Labute approximate surface area is 138 Å². The standard InChI is InChI=1S/C15H22F2N2.2ClH/c1-15(2,3)14(19-8-6-18-7-9-19)12-5-4-11(16)10-13(12)17;;/h4-5,10,14,18H,6-9H2,1-3H3;2*1H/t14-;;/m1../s1. The molecule has 0 aromatic heterocycles. The minimum Gasteiger partial charge on any atom is -0.314 e. The number of halogens is 4. The van der Waals surface area contributed by atoms with E-state index in [4.69, 9.17) is 0 Å². The molecular formula is C15H24Cl2F2N2. The second-order valence-electron chi connectivity index (χ2n) is 6.22. The Morgan fingerprint density at radius 2 is 1.67 bits per heavy atom. The largest absolute Gasteiger partial charge is 0.314 e. The molecule has 1 aromatic rings. The highest BCUT2D eigenvalue weighted by molar-refractivity contribution is 5.85. The van der Waals surface area contributed by atoms with E-state index in [2.05, 4.69) is 31.0 Å². The predicted octanol–water partition coefficient (Wildman–Crippen LogP) is 3.80. The zero-order valence-electron chi connectivity index (χ0n) is 12.7. The Kier molecular flexibility index (Phi) is 8.11. The van der Waals surface area contributed by atoms with Crippen LogP contribution in [0.3, 0.4) is 0 Å². The summed E-state index contributed by atoms with van der Waals surface area (Å²) in [6, 6.07) is 3.88. The van der Waals surface area contributed by atoms with Crippen molar-refractivity contribution in [2.45, 2.75) is 26.8 Å². The molecular weight excluding hydrogens is 317 g/mol. The van der Waals surface area contributed by atoms with Gasteiger partial charge in [0.25, 0.3) is 0 Å². The fraction of sp³-hybridized carbons (Fsp3) is 0.600. The Hall–Kier alpha value is -0.420. The summed E-state index contributed by atoms with van der Waals surface area (Å²) in [6.07, 6.45) is 0. The van der Waals surface area contributed by atoms with Crippen molar-refractivity contribution >= 4 is 24.8 Å². The van der Waals surface area contributed by atoms with Crippen LogP contribution in [-0.2, 0) is 0 Å². The minimum absolute atomic E-state index is 0. The molecule has 0 radical (unpaired) electrons. The molecule has 0 amide bonds. The molecule has 0 saturated carbocycles. The first-order valence-electron chi connectivity index (χ1n) is 6.79. The van der Waals surface area contributed by atoms with E-state index in [1.54, 1.807) is 6.07 Å². The van der Waals surface area contributed by atoms with E-state index in [1.165, 1.54) is 6.07 Å². The Bertz CT molecular complexity index is 444. The van der Waals surface area contributed by atoms with Gasteiger partial charge < -0.3 is 5.32 Å². The summed E-state index contributed by atoms with van der Waals surface area (Å²) in [4.78, 5) is 2.28. The first-order valence-corrected chi connectivity index (χ1v) is 6.79. The van der Waals surface area contributed by atoms with Crippen LogP contribution in [0.15, 0.2) is 18.2 Å². The molecule has 1 heterocycles. The van der Waals surface area contributed by atoms with Crippen molar-refractivity contribution in [2.75, 3.05) is 26.2 Å². The second kappa shape index (κ2) is 8.28. The molecule has 1 atom stereocenters. The maximum Gasteiger partial charge on any atom is 0.130 e. The molecule has 0 bridgehead atoms. The van der Waals surface area contributed by atoms with Gasteiger partial charge in [-0.25, -0.2) is 8.78 Å². The van der Waals surface area contributed by atoms with E-state index in [-0.39, 0.29) is 36.3 Å². The minimum atomic E-state index is -0.519. The van der Waals surface area contributed by atoms with Gasteiger partial charge in [-0.15, -0.1) is 24.8 Å². The molecule has 6 heteroatoms. The molecule has 1 N–H and O–H groups in total. The molecule has 0 spiro atoms. The number of hydrogen-bond acceptors (Lipinski definition) is 2. The molecule has 1 aromatic carbocycles. The summed E-state index contributed by atoms with van der Waals surface area (Å²) < 4.78 is 27.2. The number of hydrogen-bond donors (Lipinski definition) is 1. The van der Waals surface area contributed by atoms with Crippen LogP contribution in [0.5, 0.6) is 0 Å². The topological polar surface area (TPSA) is 15.3 Å². The van der Waals surface area contributed by atoms with Crippen molar-refractivity contribution < 1.29 is 8.78 Å². The normalized spacial score (nSPS) is 17.6. The van der Waals surface area contributed by atoms with Gasteiger partial charge in [-0.3, -0.25) is 4.90 Å².